The number of aryl methyl sites for hydroxylation is 1. The SMILES string of the molecule is COc1ccc(-c2cnc(-c3cc[n+](OS(=O)(=O)c4ccc(C)cc4)cc3)o2)cc1. The summed E-state index contributed by atoms with van der Waals surface area (Å²) < 4.78 is 42.0. The first-order valence-corrected chi connectivity index (χ1v) is 10.5. The van der Waals surface area contributed by atoms with Gasteiger partial charge in [0.05, 0.1) is 13.3 Å². The first-order chi connectivity index (χ1) is 14.4. The van der Waals surface area contributed by atoms with E-state index in [-0.39, 0.29) is 4.90 Å². The van der Waals surface area contributed by atoms with E-state index in [4.69, 9.17) is 13.4 Å². The van der Waals surface area contributed by atoms with Gasteiger partial charge in [-0.3, -0.25) is 0 Å². The van der Waals surface area contributed by atoms with E-state index in [1.54, 1.807) is 37.6 Å². The number of methoxy groups -OCH3 is 1. The predicted molar refractivity (Wildman–Crippen MR) is 109 cm³/mol. The van der Waals surface area contributed by atoms with Crippen molar-refractivity contribution in [3.05, 3.63) is 84.8 Å². The predicted octanol–water partition coefficient (Wildman–Crippen LogP) is 3.43. The van der Waals surface area contributed by atoms with Crippen LogP contribution in [-0.4, -0.2) is 20.5 Å². The summed E-state index contributed by atoms with van der Waals surface area (Å²) in [7, 11) is -2.32. The lowest BCUT2D eigenvalue weighted by Crippen LogP contribution is -2.44. The Morgan fingerprint density at radius 3 is 2.20 bits per heavy atom. The van der Waals surface area contributed by atoms with Gasteiger partial charge in [0.25, 0.3) is 0 Å². The number of rotatable bonds is 6. The van der Waals surface area contributed by atoms with Crippen molar-refractivity contribution in [2.75, 3.05) is 7.11 Å². The highest BCUT2D eigenvalue weighted by Crippen LogP contribution is 2.26. The van der Waals surface area contributed by atoms with Crippen LogP contribution in [0.5, 0.6) is 5.75 Å². The molecule has 0 unspecified atom stereocenters. The minimum atomic E-state index is -3.93. The molecular weight excluding hydrogens is 404 g/mol. The summed E-state index contributed by atoms with van der Waals surface area (Å²) in [5.74, 6) is 1.78. The highest BCUT2D eigenvalue weighted by Gasteiger charge is 2.22. The van der Waals surface area contributed by atoms with Crippen LogP contribution in [0.1, 0.15) is 5.56 Å². The lowest BCUT2D eigenvalue weighted by atomic mass is 10.2. The van der Waals surface area contributed by atoms with E-state index in [2.05, 4.69) is 4.98 Å². The van der Waals surface area contributed by atoms with Crippen molar-refractivity contribution in [3.63, 3.8) is 0 Å². The van der Waals surface area contributed by atoms with E-state index in [9.17, 15) is 8.42 Å². The molecule has 0 N–H and O–H groups in total. The first kappa shape index (κ1) is 19.7. The Kier molecular flexibility index (Phi) is 5.24. The summed E-state index contributed by atoms with van der Waals surface area (Å²) in [4.78, 5) is 4.38. The Morgan fingerprint density at radius 1 is 0.900 bits per heavy atom. The third-order valence-corrected chi connectivity index (χ3v) is 5.64. The van der Waals surface area contributed by atoms with Gasteiger partial charge in [0, 0.05) is 28.0 Å². The summed E-state index contributed by atoms with van der Waals surface area (Å²) in [6, 6.07) is 17.2. The smallest absolute Gasteiger partial charge is 0.396 e. The van der Waals surface area contributed by atoms with Gasteiger partial charge >= 0.3 is 10.1 Å². The largest absolute Gasteiger partial charge is 0.497 e. The number of oxazole rings is 1. The molecule has 2 heterocycles. The fraction of sp³-hybridized carbons (Fsp3) is 0.0909. The molecule has 4 rings (SSSR count). The maximum Gasteiger partial charge on any atom is 0.396 e. The quantitative estimate of drug-likeness (QED) is 0.442. The fourth-order valence-corrected chi connectivity index (χ4v) is 3.64. The minimum Gasteiger partial charge on any atom is -0.497 e. The molecule has 152 valence electrons. The molecule has 0 saturated carbocycles. The highest BCUT2D eigenvalue weighted by molar-refractivity contribution is 7.86. The van der Waals surface area contributed by atoms with Crippen LogP contribution in [0.15, 0.2) is 88.6 Å². The van der Waals surface area contributed by atoms with Crippen LogP contribution in [0.4, 0.5) is 0 Å². The molecule has 0 fully saturated rings. The van der Waals surface area contributed by atoms with Gasteiger partial charge in [-0.2, -0.15) is 8.42 Å². The van der Waals surface area contributed by atoms with Crippen molar-refractivity contribution in [1.29, 1.82) is 0 Å². The average Bonchev–Trinajstić information content (AvgIpc) is 3.25. The van der Waals surface area contributed by atoms with Crippen molar-refractivity contribution in [1.82, 2.24) is 4.98 Å². The zero-order valence-corrected chi connectivity index (χ0v) is 17.2. The number of benzene rings is 2. The zero-order chi connectivity index (χ0) is 21.1. The first-order valence-electron chi connectivity index (χ1n) is 9.08. The van der Waals surface area contributed by atoms with Crippen LogP contribution >= 0.6 is 0 Å². The van der Waals surface area contributed by atoms with E-state index in [0.29, 0.717) is 17.2 Å². The van der Waals surface area contributed by atoms with Gasteiger partial charge in [-0.25, -0.2) is 4.98 Å². The second-order valence-electron chi connectivity index (χ2n) is 6.55. The van der Waals surface area contributed by atoms with Crippen LogP contribution in [0.2, 0.25) is 0 Å². The lowest BCUT2D eigenvalue weighted by molar-refractivity contribution is -0.856. The van der Waals surface area contributed by atoms with Gasteiger partial charge in [-0.05, 0) is 43.3 Å². The summed E-state index contributed by atoms with van der Waals surface area (Å²) in [5, 5.41) is 0. The maximum absolute atomic E-state index is 12.4. The van der Waals surface area contributed by atoms with E-state index >= 15 is 0 Å². The number of pyridine rings is 1. The fourth-order valence-electron chi connectivity index (χ4n) is 2.76. The molecule has 0 atom stereocenters. The molecular formula is C22H19N2O5S+. The molecule has 0 amide bonds. The standard InChI is InChI=1S/C22H19N2O5S/c1-16-3-9-20(10-4-16)30(25,26)29-24-13-11-18(12-14-24)22-23-15-21(28-22)17-5-7-19(27-2)8-6-17/h3-15H,1-2H3/q+1. The minimum absolute atomic E-state index is 0.0847. The monoisotopic (exact) mass is 423 g/mol. The summed E-state index contributed by atoms with van der Waals surface area (Å²) in [5.41, 5.74) is 2.52. The molecule has 4 aromatic rings. The van der Waals surface area contributed by atoms with Gasteiger partial charge in [0.1, 0.15) is 10.6 Å². The van der Waals surface area contributed by atoms with Gasteiger partial charge < -0.3 is 9.15 Å². The normalized spacial score (nSPS) is 11.3. The second-order valence-corrected chi connectivity index (χ2v) is 8.08. The number of hydrogen-bond donors (Lipinski definition) is 0. The molecule has 7 nitrogen and oxygen atoms in total. The maximum atomic E-state index is 12.4. The van der Waals surface area contributed by atoms with Crippen molar-refractivity contribution >= 4 is 10.1 Å². The van der Waals surface area contributed by atoms with E-state index in [1.165, 1.54) is 24.5 Å². The molecule has 0 bridgehead atoms. The lowest BCUT2D eigenvalue weighted by Gasteiger charge is -2.01. The van der Waals surface area contributed by atoms with Crippen molar-refractivity contribution in [3.8, 4) is 28.5 Å². The summed E-state index contributed by atoms with van der Waals surface area (Å²) in [6.07, 6.45) is 4.60. The molecule has 0 aliphatic heterocycles. The van der Waals surface area contributed by atoms with E-state index in [1.807, 2.05) is 31.2 Å². The molecule has 2 aromatic heterocycles. The van der Waals surface area contributed by atoms with Crippen LogP contribution in [0.3, 0.4) is 0 Å². The van der Waals surface area contributed by atoms with Crippen LogP contribution in [0.25, 0.3) is 22.8 Å². The second kappa shape index (κ2) is 8.00. The van der Waals surface area contributed by atoms with E-state index < -0.39 is 10.1 Å². The topological polar surface area (TPSA) is 82.5 Å². The van der Waals surface area contributed by atoms with Crippen LogP contribution < -0.4 is 13.8 Å². The number of hydrogen-bond acceptors (Lipinski definition) is 6. The average molecular weight is 423 g/mol. The molecule has 2 aromatic carbocycles. The van der Waals surface area contributed by atoms with Crippen molar-refractivity contribution in [2.24, 2.45) is 0 Å². The molecule has 0 aliphatic carbocycles. The third kappa shape index (κ3) is 4.18. The Hall–Kier alpha value is -3.65. The Morgan fingerprint density at radius 2 is 1.57 bits per heavy atom. The van der Waals surface area contributed by atoms with E-state index in [0.717, 1.165) is 21.6 Å². The number of nitrogens with zero attached hydrogens (tertiary/aromatic N) is 2. The number of ether oxygens (including phenoxy) is 1. The van der Waals surface area contributed by atoms with Gasteiger partial charge in [0.15, 0.2) is 5.76 Å². The number of aromatic nitrogens is 2. The molecule has 0 saturated heterocycles. The highest BCUT2D eigenvalue weighted by atomic mass is 32.2. The van der Waals surface area contributed by atoms with Gasteiger partial charge in [-0.1, -0.05) is 17.7 Å². The zero-order valence-electron chi connectivity index (χ0n) is 16.3. The summed E-state index contributed by atoms with van der Waals surface area (Å²) >= 11 is 0. The molecule has 0 spiro atoms. The van der Waals surface area contributed by atoms with Crippen LogP contribution in [-0.2, 0) is 10.1 Å². The Labute approximate surface area is 174 Å². The van der Waals surface area contributed by atoms with Gasteiger partial charge in [0.2, 0.25) is 18.3 Å². The molecule has 30 heavy (non-hydrogen) atoms. The molecule has 0 radical (unpaired) electrons. The molecule has 0 aliphatic rings. The molecule has 8 heteroatoms. The summed E-state index contributed by atoms with van der Waals surface area (Å²) in [6.45, 7) is 1.88. The van der Waals surface area contributed by atoms with Crippen molar-refractivity contribution < 1.29 is 26.6 Å². The third-order valence-electron chi connectivity index (χ3n) is 4.42. The Balaban J connectivity index is 1.51. The Bertz CT molecular complexity index is 1250. The van der Waals surface area contributed by atoms with Crippen molar-refractivity contribution in [2.45, 2.75) is 11.8 Å². The van der Waals surface area contributed by atoms with Gasteiger partial charge in [-0.15, -0.1) is 4.28 Å². The van der Waals surface area contributed by atoms with Crippen LogP contribution in [0, 0.1) is 6.92 Å².